The number of rotatable bonds is 3. The number of nitrogen functional groups attached to an aromatic ring is 1. The molecule has 118 valence electrons. The van der Waals surface area contributed by atoms with Crippen molar-refractivity contribution in [1.82, 2.24) is 9.29 Å². The first-order chi connectivity index (χ1) is 10.5. The van der Waals surface area contributed by atoms with Gasteiger partial charge in [0.25, 0.3) is 0 Å². The fraction of sp³-hybridized carbons (Fsp3) is 0.308. The van der Waals surface area contributed by atoms with E-state index < -0.39 is 10.0 Å². The van der Waals surface area contributed by atoms with E-state index in [9.17, 15) is 8.42 Å². The van der Waals surface area contributed by atoms with Crippen LogP contribution in [0.2, 0.25) is 5.02 Å². The first kappa shape index (κ1) is 15.7. The number of nitrogens with zero attached hydrogens (tertiary/aromatic N) is 2. The molecular formula is C13H14ClN3O3S2. The van der Waals surface area contributed by atoms with Gasteiger partial charge in [0.15, 0.2) is 5.13 Å². The molecule has 9 heteroatoms. The number of aromatic nitrogens is 1. The second-order valence-corrected chi connectivity index (χ2v) is 7.96. The van der Waals surface area contributed by atoms with Crippen LogP contribution >= 0.6 is 22.9 Å². The third-order valence-electron chi connectivity index (χ3n) is 3.34. The summed E-state index contributed by atoms with van der Waals surface area (Å²) in [6.45, 7) is 1.51. The largest absolute Gasteiger partial charge is 0.379 e. The number of anilines is 1. The smallest absolute Gasteiger partial charge is 0.243 e. The lowest BCUT2D eigenvalue weighted by atomic mass is 10.2. The Morgan fingerprint density at radius 2 is 2.05 bits per heavy atom. The molecule has 0 unspecified atom stereocenters. The van der Waals surface area contributed by atoms with Gasteiger partial charge in [-0.2, -0.15) is 4.31 Å². The minimum atomic E-state index is -3.56. The van der Waals surface area contributed by atoms with Crippen molar-refractivity contribution in [2.75, 3.05) is 32.0 Å². The van der Waals surface area contributed by atoms with Crippen LogP contribution in [0.15, 0.2) is 28.5 Å². The predicted molar refractivity (Wildman–Crippen MR) is 86.6 cm³/mol. The molecule has 0 saturated carbocycles. The van der Waals surface area contributed by atoms with Crippen LogP contribution in [0, 0.1) is 0 Å². The SMILES string of the molecule is Nc1nc(-c2cc(S(=O)(=O)N3CCOCC3)ccc2Cl)cs1. The third kappa shape index (κ3) is 2.97. The van der Waals surface area contributed by atoms with Crippen molar-refractivity contribution >= 4 is 38.1 Å². The van der Waals surface area contributed by atoms with Gasteiger partial charge < -0.3 is 10.5 Å². The number of halogens is 1. The highest BCUT2D eigenvalue weighted by Gasteiger charge is 2.27. The highest BCUT2D eigenvalue weighted by molar-refractivity contribution is 7.89. The molecule has 0 spiro atoms. The molecule has 0 radical (unpaired) electrons. The second-order valence-electron chi connectivity index (χ2n) is 4.73. The van der Waals surface area contributed by atoms with Crippen molar-refractivity contribution in [3.05, 3.63) is 28.6 Å². The zero-order valence-electron chi connectivity index (χ0n) is 11.5. The van der Waals surface area contributed by atoms with E-state index in [1.807, 2.05) is 0 Å². The number of hydrogen-bond acceptors (Lipinski definition) is 6. The fourth-order valence-corrected chi connectivity index (χ4v) is 4.42. The highest BCUT2D eigenvalue weighted by Crippen LogP contribution is 2.32. The Morgan fingerprint density at radius 1 is 1.32 bits per heavy atom. The van der Waals surface area contributed by atoms with Crippen molar-refractivity contribution in [2.45, 2.75) is 4.90 Å². The standard InChI is InChI=1S/C13H14ClN3O3S2/c14-11-2-1-9(7-10(11)12-8-21-13(15)16-12)22(18,19)17-3-5-20-6-4-17/h1-2,7-8H,3-6H2,(H2,15,16). The summed E-state index contributed by atoms with van der Waals surface area (Å²) >= 11 is 7.45. The van der Waals surface area contributed by atoms with Crippen LogP contribution in [0.5, 0.6) is 0 Å². The Labute approximate surface area is 137 Å². The lowest BCUT2D eigenvalue weighted by Crippen LogP contribution is -2.40. The van der Waals surface area contributed by atoms with Gasteiger partial charge in [-0.05, 0) is 18.2 Å². The Hall–Kier alpha value is -1.19. The molecule has 1 aliphatic heterocycles. The lowest BCUT2D eigenvalue weighted by molar-refractivity contribution is 0.0730. The molecule has 2 aromatic rings. The molecule has 2 heterocycles. The predicted octanol–water partition coefficient (Wildman–Crippen LogP) is 2.07. The molecule has 0 atom stereocenters. The van der Waals surface area contributed by atoms with Crippen molar-refractivity contribution in [2.24, 2.45) is 0 Å². The maximum Gasteiger partial charge on any atom is 0.243 e. The number of ether oxygens (including phenoxy) is 1. The lowest BCUT2D eigenvalue weighted by Gasteiger charge is -2.26. The van der Waals surface area contributed by atoms with Gasteiger partial charge in [0, 0.05) is 24.0 Å². The molecule has 0 aliphatic carbocycles. The average molecular weight is 360 g/mol. The molecule has 6 nitrogen and oxygen atoms in total. The molecule has 1 aliphatic rings. The summed E-state index contributed by atoms with van der Waals surface area (Å²) in [5.41, 5.74) is 6.77. The summed E-state index contributed by atoms with van der Waals surface area (Å²) in [6, 6.07) is 4.62. The van der Waals surface area contributed by atoms with E-state index in [4.69, 9.17) is 22.1 Å². The Balaban J connectivity index is 2.01. The van der Waals surface area contributed by atoms with E-state index in [-0.39, 0.29) is 4.90 Å². The minimum Gasteiger partial charge on any atom is -0.379 e. The van der Waals surface area contributed by atoms with E-state index in [1.165, 1.54) is 21.7 Å². The first-order valence-electron chi connectivity index (χ1n) is 6.57. The maximum atomic E-state index is 12.7. The van der Waals surface area contributed by atoms with Gasteiger partial charge in [-0.15, -0.1) is 11.3 Å². The highest BCUT2D eigenvalue weighted by atomic mass is 35.5. The molecule has 1 aromatic carbocycles. The zero-order valence-corrected chi connectivity index (χ0v) is 13.9. The molecule has 0 amide bonds. The maximum absolute atomic E-state index is 12.7. The summed E-state index contributed by atoms with van der Waals surface area (Å²) in [7, 11) is -3.56. The molecular weight excluding hydrogens is 346 g/mol. The Kier molecular flexibility index (Phi) is 4.37. The average Bonchev–Trinajstić information content (AvgIpc) is 2.95. The molecule has 1 saturated heterocycles. The van der Waals surface area contributed by atoms with Gasteiger partial charge in [-0.25, -0.2) is 13.4 Å². The molecule has 3 rings (SSSR count). The van der Waals surface area contributed by atoms with Crippen LogP contribution in [0.1, 0.15) is 0 Å². The molecule has 1 fully saturated rings. The fourth-order valence-electron chi connectivity index (χ4n) is 2.21. The molecule has 22 heavy (non-hydrogen) atoms. The molecule has 2 N–H and O–H groups in total. The Bertz CT molecular complexity index is 786. The minimum absolute atomic E-state index is 0.195. The normalized spacial score (nSPS) is 16.8. The van der Waals surface area contributed by atoms with E-state index in [2.05, 4.69) is 4.98 Å². The number of hydrogen-bond donors (Lipinski definition) is 1. The summed E-state index contributed by atoms with van der Waals surface area (Å²) < 4.78 is 32.0. The number of nitrogens with two attached hydrogens (primary N) is 1. The third-order valence-corrected chi connectivity index (χ3v) is 6.24. The van der Waals surface area contributed by atoms with Gasteiger partial charge in [0.1, 0.15) is 0 Å². The van der Waals surface area contributed by atoms with E-state index in [1.54, 1.807) is 17.5 Å². The number of morpholine rings is 1. The Morgan fingerprint density at radius 3 is 2.68 bits per heavy atom. The second kappa shape index (κ2) is 6.13. The van der Waals surface area contributed by atoms with Crippen molar-refractivity contribution < 1.29 is 13.2 Å². The number of thiazole rings is 1. The van der Waals surface area contributed by atoms with Gasteiger partial charge in [-0.3, -0.25) is 0 Å². The quantitative estimate of drug-likeness (QED) is 0.906. The summed E-state index contributed by atoms with van der Waals surface area (Å²) in [5, 5.41) is 2.60. The summed E-state index contributed by atoms with van der Waals surface area (Å²) in [4.78, 5) is 4.36. The topological polar surface area (TPSA) is 85.5 Å². The number of sulfonamides is 1. The van der Waals surface area contributed by atoms with Crippen LogP contribution in [0.25, 0.3) is 11.3 Å². The van der Waals surface area contributed by atoms with E-state index in [0.717, 1.165) is 0 Å². The van der Waals surface area contributed by atoms with Crippen LogP contribution in [0.4, 0.5) is 5.13 Å². The monoisotopic (exact) mass is 359 g/mol. The van der Waals surface area contributed by atoms with E-state index in [0.29, 0.717) is 47.7 Å². The van der Waals surface area contributed by atoms with E-state index >= 15 is 0 Å². The molecule has 1 aromatic heterocycles. The van der Waals surface area contributed by atoms with Crippen molar-refractivity contribution in [3.8, 4) is 11.3 Å². The van der Waals surface area contributed by atoms with Crippen molar-refractivity contribution in [1.29, 1.82) is 0 Å². The zero-order chi connectivity index (χ0) is 15.7. The van der Waals surface area contributed by atoms with Crippen LogP contribution in [0.3, 0.4) is 0 Å². The number of benzene rings is 1. The van der Waals surface area contributed by atoms with Gasteiger partial charge in [0.2, 0.25) is 10.0 Å². The van der Waals surface area contributed by atoms with Gasteiger partial charge in [0.05, 0.1) is 28.8 Å². The van der Waals surface area contributed by atoms with Crippen molar-refractivity contribution in [3.63, 3.8) is 0 Å². The van der Waals surface area contributed by atoms with Gasteiger partial charge in [-0.1, -0.05) is 11.6 Å². The van der Waals surface area contributed by atoms with Gasteiger partial charge >= 0.3 is 0 Å². The van der Waals surface area contributed by atoms with Crippen LogP contribution < -0.4 is 5.73 Å². The molecule has 0 bridgehead atoms. The summed E-state index contributed by atoms with van der Waals surface area (Å²) in [6.07, 6.45) is 0. The van der Waals surface area contributed by atoms with Crippen LogP contribution in [-0.2, 0) is 14.8 Å². The first-order valence-corrected chi connectivity index (χ1v) is 9.27. The van der Waals surface area contributed by atoms with Crippen LogP contribution in [-0.4, -0.2) is 44.0 Å². The summed E-state index contributed by atoms with van der Waals surface area (Å²) in [5.74, 6) is 0.